The van der Waals surface area contributed by atoms with Crippen molar-refractivity contribution in [3.8, 4) is 6.07 Å². The van der Waals surface area contributed by atoms with Crippen LogP contribution in [0.3, 0.4) is 0 Å². The molecular weight excluding hydrogens is 254 g/mol. The molecule has 0 unspecified atom stereocenters. The van der Waals surface area contributed by atoms with Gasteiger partial charge in [0.15, 0.2) is 0 Å². The molecule has 5 nitrogen and oxygen atoms in total. The molecule has 0 saturated heterocycles. The van der Waals surface area contributed by atoms with E-state index >= 15 is 0 Å². The highest BCUT2D eigenvalue weighted by Gasteiger charge is 2.14. The van der Waals surface area contributed by atoms with Gasteiger partial charge in [-0.25, -0.2) is 0 Å². The maximum Gasteiger partial charge on any atom is 0.289 e. The van der Waals surface area contributed by atoms with Gasteiger partial charge in [-0.05, 0) is 30.2 Å². The third-order valence-corrected chi connectivity index (χ3v) is 2.99. The number of hydrogen-bond donors (Lipinski definition) is 1. The minimum Gasteiger partial charge on any atom is -0.355 e. The fraction of sp³-hybridized carbons (Fsp3) is 0.133. The van der Waals surface area contributed by atoms with Crippen LogP contribution in [-0.2, 0) is 6.42 Å². The fourth-order valence-corrected chi connectivity index (χ4v) is 1.96. The molecule has 5 heteroatoms. The smallest absolute Gasteiger partial charge is 0.289 e. The zero-order valence-electron chi connectivity index (χ0n) is 11.0. The van der Waals surface area contributed by atoms with Gasteiger partial charge in [-0.1, -0.05) is 25.1 Å². The van der Waals surface area contributed by atoms with Crippen molar-refractivity contribution in [3.63, 3.8) is 0 Å². The summed E-state index contributed by atoms with van der Waals surface area (Å²) in [5.74, 6) is 0. The average Bonchev–Trinajstić information content (AvgIpc) is 2.47. The molecule has 100 valence electrons. The van der Waals surface area contributed by atoms with E-state index < -0.39 is 4.92 Å². The first-order valence-electron chi connectivity index (χ1n) is 6.19. The van der Waals surface area contributed by atoms with Crippen molar-refractivity contribution >= 4 is 17.1 Å². The molecular formula is C15H13N3O2. The van der Waals surface area contributed by atoms with Crippen LogP contribution < -0.4 is 5.32 Å². The summed E-state index contributed by atoms with van der Waals surface area (Å²) in [5.41, 5.74) is 2.50. The molecule has 0 aliphatic heterocycles. The number of nitriles is 1. The molecule has 2 rings (SSSR count). The van der Waals surface area contributed by atoms with E-state index in [-0.39, 0.29) is 11.3 Å². The van der Waals surface area contributed by atoms with E-state index in [9.17, 15) is 10.1 Å². The highest BCUT2D eigenvalue weighted by Crippen LogP contribution is 2.26. The molecule has 20 heavy (non-hydrogen) atoms. The lowest BCUT2D eigenvalue weighted by Gasteiger charge is -2.10. The Morgan fingerprint density at radius 2 is 2.05 bits per heavy atom. The molecule has 0 spiro atoms. The summed E-state index contributed by atoms with van der Waals surface area (Å²) in [6, 6.07) is 14.1. The molecule has 0 atom stereocenters. The van der Waals surface area contributed by atoms with Crippen LogP contribution in [0.4, 0.5) is 17.1 Å². The van der Waals surface area contributed by atoms with Gasteiger partial charge in [0.1, 0.15) is 11.6 Å². The number of benzene rings is 2. The number of aryl methyl sites for hydroxylation is 1. The number of nitrogens with zero attached hydrogens (tertiary/aromatic N) is 2. The maximum atomic E-state index is 10.9. The monoisotopic (exact) mass is 267 g/mol. The van der Waals surface area contributed by atoms with E-state index in [0.29, 0.717) is 5.69 Å². The van der Waals surface area contributed by atoms with Gasteiger partial charge in [0, 0.05) is 17.4 Å². The second-order valence-corrected chi connectivity index (χ2v) is 4.24. The van der Waals surface area contributed by atoms with Crippen molar-refractivity contribution in [2.24, 2.45) is 0 Å². The van der Waals surface area contributed by atoms with Crippen LogP contribution in [0.1, 0.15) is 18.1 Å². The van der Waals surface area contributed by atoms with Gasteiger partial charge >= 0.3 is 0 Å². The number of para-hydroxylation sites is 1. The van der Waals surface area contributed by atoms with E-state index in [4.69, 9.17) is 5.26 Å². The molecule has 0 heterocycles. The molecule has 0 saturated carbocycles. The molecule has 0 aromatic heterocycles. The summed E-state index contributed by atoms with van der Waals surface area (Å²) in [5, 5.41) is 22.9. The van der Waals surface area contributed by atoms with Crippen LogP contribution in [0.15, 0.2) is 42.5 Å². The largest absolute Gasteiger partial charge is 0.355 e. The Balaban J connectivity index is 2.38. The predicted octanol–water partition coefficient (Wildman–Crippen LogP) is 3.77. The third-order valence-electron chi connectivity index (χ3n) is 2.99. The Morgan fingerprint density at radius 1 is 1.30 bits per heavy atom. The molecule has 0 radical (unpaired) electrons. The molecule has 0 amide bonds. The lowest BCUT2D eigenvalue weighted by Crippen LogP contribution is -1.98. The fourth-order valence-electron chi connectivity index (χ4n) is 1.96. The predicted molar refractivity (Wildman–Crippen MR) is 76.9 cm³/mol. The standard InChI is InChI=1S/C15H13N3O2/c1-2-11-5-3-4-6-14(11)17-13-8-7-12(10-16)15(9-13)18(19)20/h3-9,17H,2H2,1H3. The van der Waals surface area contributed by atoms with E-state index in [2.05, 4.69) is 5.32 Å². The molecule has 2 aromatic carbocycles. The minimum absolute atomic E-state index is 0.0596. The van der Waals surface area contributed by atoms with Crippen molar-refractivity contribution < 1.29 is 4.92 Å². The zero-order valence-corrected chi connectivity index (χ0v) is 11.0. The van der Waals surface area contributed by atoms with Gasteiger partial charge in [-0.3, -0.25) is 10.1 Å². The second kappa shape index (κ2) is 5.85. The first kappa shape index (κ1) is 13.6. The number of nitrogens with one attached hydrogen (secondary N) is 1. The Bertz CT molecular complexity index is 690. The van der Waals surface area contributed by atoms with Gasteiger partial charge in [-0.2, -0.15) is 5.26 Å². The summed E-state index contributed by atoms with van der Waals surface area (Å²) in [6.07, 6.45) is 0.863. The normalized spacial score (nSPS) is 9.80. The van der Waals surface area contributed by atoms with Crippen LogP contribution in [0.25, 0.3) is 0 Å². The average molecular weight is 267 g/mol. The van der Waals surface area contributed by atoms with Crippen molar-refractivity contribution in [1.82, 2.24) is 0 Å². The van der Waals surface area contributed by atoms with Crippen LogP contribution in [0.5, 0.6) is 0 Å². The summed E-state index contributed by atoms with van der Waals surface area (Å²) < 4.78 is 0. The van der Waals surface area contributed by atoms with Crippen molar-refractivity contribution in [2.75, 3.05) is 5.32 Å². The van der Waals surface area contributed by atoms with E-state index in [1.54, 1.807) is 6.07 Å². The van der Waals surface area contributed by atoms with Crippen LogP contribution in [-0.4, -0.2) is 4.92 Å². The van der Waals surface area contributed by atoms with Gasteiger partial charge in [-0.15, -0.1) is 0 Å². The summed E-state index contributed by atoms with van der Waals surface area (Å²) in [4.78, 5) is 10.4. The lowest BCUT2D eigenvalue weighted by molar-refractivity contribution is -0.385. The summed E-state index contributed by atoms with van der Waals surface area (Å²) in [6.45, 7) is 2.04. The Hall–Kier alpha value is -2.87. The van der Waals surface area contributed by atoms with Crippen LogP contribution >= 0.6 is 0 Å². The van der Waals surface area contributed by atoms with Crippen molar-refractivity contribution in [2.45, 2.75) is 13.3 Å². The number of nitro groups is 1. The molecule has 0 fully saturated rings. The van der Waals surface area contributed by atoms with Crippen molar-refractivity contribution in [3.05, 3.63) is 63.7 Å². The van der Waals surface area contributed by atoms with E-state index in [1.165, 1.54) is 12.1 Å². The van der Waals surface area contributed by atoms with Gasteiger partial charge < -0.3 is 5.32 Å². The van der Waals surface area contributed by atoms with Gasteiger partial charge in [0.05, 0.1) is 4.92 Å². The second-order valence-electron chi connectivity index (χ2n) is 4.24. The summed E-state index contributed by atoms with van der Waals surface area (Å²) in [7, 11) is 0. The Kier molecular flexibility index (Phi) is 3.96. The van der Waals surface area contributed by atoms with E-state index in [0.717, 1.165) is 17.7 Å². The zero-order chi connectivity index (χ0) is 14.5. The molecule has 0 aliphatic carbocycles. The Morgan fingerprint density at radius 3 is 2.70 bits per heavy atom. The molecule has 1 N–H and O–H groups in total. The minimum atomic E-state index is -0.546. The first-order chi connectivity index (χ1) is 9.65. The number of rotatable bonds is 4. The molecule has 2 aromatic rings. The third kappa shape index (κ3) is 2.75. The highest BCUT2D eigenvalue weighted by molar-refractivity contribution is 5.67. The topological polar surface area (TPSA) is 79.0 Å². The lowest BCUT2D eigenvalue weighted by atomic mass is 10.1. The van der Waals surface area contributed by atoms with Crippen molar-refractivity contribution in [1.29, 1.82) is 5.26 Å². The molecule has 0 aliphatic rings. The maximum absolute atomic E-state index is 10.9. The number of anilines is 2. The number of hydrogen-bond acceptors (Lipinski definition) is 4. The van der Waals surface area contributed by atoms with Gasteiger partial charge in [0.2, 0.25) is 0 Å². The van der Waals surface area contributed by atoms with Gasteiger partial charge in [0.25, 0.3) is 5.69 Å². The first-order valence-corrected chi connectivity index (χ1v) is 6.19. The summed E-state index contributed by atoms with van der Waals surface area (Å²) >= 11 is 0. The Labute approximate surface area is 116 Å². The highest BCUT2D eigenvalue weighted by atomic mass is 16.6. The van der Waals surface area contributed by atoms with Crippen LogP contribution in [0.2, 0.25) is 0 Å². The SMILES string of the molecule is CCc1ccccc1Nc1ccc(C#N)c([N+](=O)[O-])c1. The van der Waals surface area contributed by atoms with E-state index in [1.807, 2.05) is 37.3 Å². The number of nitro benzene ring substituents is 1. The van der Waals surface area contributed by atoms with Crippen LogP contribution in [0, 0.1) is 21.4 Å². The molecule has 0 bridgehead atoms. The quantitative estimate of drug-likeness (QED) is 0.675.